The lowest BCUT2D eigenvalue weighted by molar-refractivity contribution is 0.597. The van der Waals surface area contributed by atoms with E-state index in [0.717, 1.165) is 12.1 Å². The molecule has 2 aromatic rings. The molecule has 0 saturated carbocycles. The largest absolute Gasteiger partial charge is 0.265 e. The summed E-state index contributed by atoms with van der Waals surface area (Å²) >= 11 is 2.96. The van der Waals surface area contributed by atoms with Gasteiger partial charge in [-0.25, -0.2) is 8.78 Å². The average molecular weight is 270 g/mol. The van der Waals surface area contributed by atoms with Crippen LogP contribution in [0, 0.1) is 11.6 Å². The monoisotopic (exact) mass is 269 g/mol. The zero-order chi connectivity index (χ0) is 10.8. The van der Waals surface area contributed by atoms with Gasteiger partial charge in [0.1, 0.15) is 11.6 Å². The quantitative estimate of drug-likeness (QED) is 0.718. The van der Waals surface area contributed by atoms with E-state index in [9.17, 15) is 8.78 Å². The molecule has 0 atom stereocenters. The maximum absolute atomic E-state index is 13.6. The van der Waals surface area contributed by atoms with E-state index in [1.165, 1.54) is 12.4 Å². The topological polar surface area (TPSA) is 12.9 Å². The summed E-state index contributed by atoms with van der Waals surface area (Å²) in [5.41, 5.74) is 0.826. The normalized spacial score (nSPS) is 10.3. The van der Waals surface area contributed by atoms with Gasteiger partial charge in [-0.05, 0) is 45.8 Å². The summed E-state index contributed by atoms with van der Waals surface area (Å²) in [4.78, 5) is 3.82. The third kappa shape index (κ3) is 2.04. The Morgan fingerprint density at radius 1 is 1.07 bits per heavy atom. The minimum atomic E-state index is -0.477. The Morgan fingerprint density at radius 3 is 2.40 bits per heavy atom. The van der Waals surface area contributed by atoms with Crippen molar-refractivity contribution < 1.29 is 8.78 Å². The van der Waals surface area contributed by atoms with Gasteiger partial charge < -0.3 is 0 Å². The zero-order valence-corrected chi connectivity index (χ0v) is 9.13. The predicted octanol–water partition coefficient (Wildman–Crippen LogP) is 3.79. The molecular formula is C11H6BrF2N. The lowest BCUT2D eigenvalue weighted by Gasteiger charge is -2.04. The van der Waals surface area contributed by atoms with Crippen LogP contribution in [0.2, 0.25) is 0 Å². The van der Waals surface area contributed by atoms with Gasteiger partial charge in [0.15, 0.2) is 0 Å². The van der Waals surface area contributed by atoms with E-state index in [4.69, 9.17) is 0 Å². The fourth-order valence-corrected chi connectivity index (χ4v) is 1.73. The highest BCUT2D eigenvalue weighted by Gasteiger charge is 2.10. The number of benzene rings is 1. The molecule has 0 aliphatic carbocycles. The van der Waals surface area contributed by atoms with Crippen LogP contribution in [0.25, 0.3) is 11.1 Å². The molecule has 0 radical (unpaired) electrons. The van der Waals surface area contributed by atoms with Crippen LogP contribution in [-0.2, 0) is 0 Å². The molecule has 1 aromatic heterocycles. The van der Waals surface area contributed by atoms with Crippen molar-refractivity contribution in [2.75, 3.05) is 0 Å². The molecule has 0 fully saturated rings. The van der Waals surface area contributed by atoms with Crippen molar-refractivity contribution in [3.8, 4) is 11.1 Å². The molecule has 0 spiro atoms. The molecule has 76 valence electrons. The molecule has 4 heteroatoms. The Labute approximate surface area is 93.9 Å². The fourth-order valence-electron chi connectivity index (χ4n) is 1.30. The van der Waals surface area contributed by atoms with Crippen molar-refractivity contribution >= 4 is 15.9 Å². The Balaban J connectivity index is 2.63. The van der Waals surface area contributed by atoms with Crippen LogP contribution in [-0.4, -0.2) is 4.98 Å². The number of rotatable bonds is 1. The van der Waals surface area contributed by atoms with E-state index in [0.29, 0.717) is 5.56 Å². The molecule has 0 unspecified atom stereocenters. The van der Waals surface area contributed by atoms with Crippen molar-refractivity contribution in [2.45, 2.75) is 0 Å². The van der Waals surface area contributed by atoms with Crippen LogP contribution < -0.4 is 0 Å². The van der Waals surface area contributed by atoms with E-state index in [1.54, 1.807) is 12.1 Å². The van der Waals surface area contributed by atoms with Gasteiger partial charge in [-0.2, -0.15) is 0 Å². The summed E-state index contributed by atoms with van der Waals surface area (Å²) in [6.45, 7) is 0. The van der Waals surface area contributed by atoms with E-state index in [-0.39, 0.29) is 10.0 Å². The number of aromatic nitrogens is 1. The first kappa shape index (κ1) is 10.2. The molecular weight excluding hydrogens is 264 g/mol. The van der Waals surface area contributed by atoms with Crippen LogP contribution in [0.1, 0.15) is 0 Å². The smallest absolute Gasteiger partial charge is 0.145 e. The lowest BCUT2D eigenvalue weighted by atomic mass is 10.1. The minimum Gasteiger partial charge on any atom is -0.265 e. The Bertz CT molecular complexity index is 485. The third-order valence-electron chi connectivity index (χ3n) is 1.98. The molecule has 0 saturated heterocycles. The van der Waals surface area contributed by atoms with Crippen molar-refractivity contribution in [3.63, 3.8) is 0 Å². The van der Waals surface area contributed by atoms with Crippen LogP contribution in [0.5, 0.6) is 0 Å². The van der Waals surface area contributed by atoms with Crippen LogP contribution in [0.15, 0.2) is 41.1 Å². The molecule has 0 amide bonds. The predicted molar refractivity (Wildman–Crippen MR) is 57.3 cm³/mol. The number of pyridine rings is 1. The molecule has 0 aliphatic heterocycles. The maximum atomic E-state index is 13.6. The SMILES string of the molecule is Fc1cc(Br)c(F)c(-c2ccncc2)c1. The zero-order valence-electron chi connectivity index (χ0n) is 7.55. The van der Waals surface area contributed by atoms with Crippen LogP contribution >= 0.6 is 15.9 Å². The summed E-state index contributed by atoms with van der Waals surface area (Å²) in [6, 6.07) is 5.52. The number of hydrogen-bond donors (Lipinski definition) is 0. The van der Waals surface area contributed by atoms with E-state index in [2.05, 4.69) is 20.9 Å². The van der Waals surface area contributed by atoms with E-state index < -0.39 is 11.6 Å². The van der Waals surface area contributed by atoms with Gasteiger partial charge in [0.25, 0.3) is 0 Å². The van der Waals surface area contributed by atoms with Crippen LogP contribution in [0.3, 0.4) is 0 Å². The van der Waals surface area contributed by atoms with Gasteiger partial charge in [0.05, 0.1) is 4.47 Å². The molecule has 1 aromatic carbocycles. The van der Waals surface area contributed by atoms with Crippen molar-refractivity contribution in [1.29, 1.82) is 0 Å². The average Bonchev–Trinajstić information content (AvgIpc) is 2.24. The molecule has 2 rings (SSSR count). The van der Waals surface area contributed by atoms with Crippen LogP contribution in [0.4, 0.5) is 8.78 Å². The summed E-state index contributed by atoms with van der Waals surface area (Å²) in [5, 5.41) is 0. The Morgan fingerprint density at radius 2 is 1.73 bits per heavy atom. The molecule has 1 heterocycles. The van der Waals surface area contributed by atoms with Crippen molar-refractivity contribution in [3.05, 3.63) is 52.8 Å². The number of nitrogens with zero attached hydrogens (tertiary/aromatic N) is 1. The first-order valence-electron chi connectivity index (χ1n) is 4.23. The highest BCUT2D eigenvalue weighted by molar-refractivity contribution is 9.10. The summed E-state index contributed by atoms with van der Waals surface area (Å²) < 4.78 is 26.8. The minimum absolute atomic E-state index is 0.120. The summed E-state index contributed by atoms with van der Waals surface area (Å²) in [6.07, 6.45) is 3.07. The fraction of sp³-hybridized carbons (Fsp3) is 0. The summed E-state index contributed by atoms with van der Waals surface area (Å²) in [5.74, 6) is -0.947. The molecule has 0 N–H and O–H groups in total. The number of halogens is 3. The Hall–Kier alpha value is -1.29. The lowest BCUT2D eigenvalue weighted by Crippen LogP contribution is -1.88. The van der Waals surface area contributed by atoms with Gasteiger partial charge in [-0.15, -0.1) is 0 Å². The first-order valence-corrected chi connectivity index (χ1v) is 5.03. The second-order valence-corrected chi connectivity index (χ2v) is 3.84. The number of hydrogen-bond acceptors (Lipinski definition) is 1. The first-order chi connectivity index (χ1) is 7.18. The highest BCUT2D eigenvalue weighted by Crippen LogP contribution is 2.28. The standard InChI is InChI=1S/C11H6BrF2N/c12-10-6-8(13)5-9(11(10)14)7-1-3-15-4-2-7/h1-6H. The second-order valence-electron chi connectivity index (χ2n) is 2.99. The highest BCUT2D eigenvalue weighted by atomic mass is 79.9. The van der Waals surface area contributed by atoms with Gasteiger partial charge >= 0.3 is 0 Å². The molecule has 0 aliphatic rings. The molecule has 15 heavy (non-hydrogen) atoms. The van der Waals surface area contributed by atoms with Crippen molar-refractivity contribution in [2.24, 2.45) is 0 Å². The molecule has 1 nitrogen and oxygen atoms in total. The van der Waals surface area contributed by atoms with Gasteiger partial charge in [-0.3, -0.25) is 4.98 Å². The second kappa shape index (κ2) is 4.06. The summed E-state index contributed by atoms with van der Waals surface area (Å²) in [7, 11) is 0. The van der Waals surface area contributed by atoms with Gasteiger partial charge in [0, 0.05) is 18.0 Å². The van der Waals surface area contributed by atoms with Crippen molar-refractivity contribution in [1.82, 2.24) is 4.98 Å². The third-order valence-corrected chi connectivity index (χ3v) is 2.56. The van der Waals surface area contributed by atoms with Gasteiger partial charge in [0.2, 0.25) is 0 Å². The maximum Gasteiger partial charge on any atom is 0.145 e. The van der Waals surface area contributed by atoms with Gasteiger partial charge in [-0.1, -0.05) is 0 Å². The molecule has 0 bridgehead atoms. The van der Waals surface area contributed by atoms with E-state index in [1.807, 2.05) is 0 Å². The Kier molecular flexibility index (Phi) is 2.77. The van der Waals surface area contributed by atoms with E-state index >= 15 is 0 Å².